The number of nitrogens with zero attached hydrogens (tertiary/aromatic N) is 2. The zero-order valence-corrected chi connectivity index (χ0v) is 15.0. The molecule has 0 aromatic heterocycles. The fraction of sp³-hybridized carbons (Fsp3) is 0.350. The summed E-state index contributed by atoms with van der Waals surface area (Å²) in [7, 11) is 1.64. The first-order valence-electron chi connectivity index (χ1n) is 8.82. The Balaban J connectivity index is 1.44. The summed E-state index contributed by atoms with van der Waals surface area (Å²) in [5.41, 5.74) is 1.72. The second-order valence-electron chi connectivity index (χ2n) is 6.26. The van der Waals surface area contributed by atoms with Crippen molar-refractivity contribution in [3.05, 3.63) is 59.9 Å². The number of urea groups is 1. The Kier molecular flexibility index (Phi) is 5.94. The number of carbonyl (C=O) groups is 1. The number of amides is 2. The quantitative estimate of drug-likeness (QED) is 0.895. The number of para-hydroxylation sites is 1. The van der Waals surface area contributed by atoms with Crippen LogP contribution in [0.15, 0.2) is 48.5 Å². The van der Waals surface area contributed by atoms with Gasteiger partial charge in [-0.3, -0.25) is 0 Å². The molecule has 2 amide bonds. The van der Waals surface area contributed by atoms with E-state index in [4.69, 9.17) is 4.74 Å². The van der Waals surface area contributed by atoms with Crippen molar-refractivity contribution < 1.29 is 13.9 Å². The first kappa shape index (κ1) is 18.0. The summed E-state index contributed by atoms with van der Waals surface area (Å²) in [5, 5.41) is 2.96. The Morgan fingerprint density at radius 3 is 2.62 bits per heavy atom. The molecule has 26 heavy (non-hydrogen) atoms. The van der Waals surface area contributed by atoms with Crippen molar-refractivity contribution in [2.45, 2.75) is 6.42 Å². The Bertz CT molecular complexity index is 745. The second kappa shape index (κ2) is 8.56. The van der Waals surface area contributed by atoms with E-state index in [1.54, 1.807) is 24.1 Å². The Morgan fingerprint density at radius 2 is 1.88 bits per heavy atom. The molecule has 6 heteroatoms. The molecule has 2 aromatic rings. The maximum atomic E-state index is 13.9. The SMILES string of the molecule is COc1cccc(CCNC(=O)N2CCN(c3ccccc3F)CC2)c1. The molecule has 0 bridgehead atoms. The van der Waals surface area contributed by atoms with Gasteiger partial charge in [0.15, 0.2) is 0 Å². The van der Waals surface area contributed by atoms with Gasteiger partial charge in [0.25, 0.3) is 0 Å². The summed E-state index contributed by atoms with van der Waals surface area (Å²) in [6.07, 6.45) is 0.748. The van der Waals surface area contributed by atoms with Crippen LogP contribution in [-0.2, 0) is 6.42 Å². The number of benzene rings is 2. The van der Waals surface area contributed by atoms with Crippen molar-refractivity contribution in [1.82, 2.24) is 10.2 Å². The molecular weight excluding hydrogens is 333 g/mol. The van der Waals surface area contributed by atoms with Crippen LogP contribution in [-0.4, -0.2) is 50.8 Å². The van der Waals surface area contributed by atoms with Gasteiger partial charge in [0.05, 0.1) is 12.8 Å². The number of piperazine rings is 1. The van der Waals surface area contributed by atoms with Crippen LogP contribution in [0.3, 0.4) is 0 Å². The van der Waals surface area contributed by atoms with E-state index in [0.29, 0.717) is 38.4 Å². The second-order valence-corrected chi connectivity index (χ2v) is 6.26. The number of halogens is 1. The highest BCUT2D eigenvalue weighted by Gasteiger charge is 2.22. The fourth-order valence-corrected chi connectivity index (χ4v) is 3.11. The lowest BCUT2D eigenvalue weighted by molar-refractivity contribution is 0.194. The minimum absolute atomic E-state index is 0.0684. The molecule has 1 aliphatic heterocycles. The van der Waals surface area contributed by atoms with E-state index in [2.05, 4.69) is 5.32 Å². The Morgan fingerprint density at radius 1 is 1.12 bits per heavy atom. The molecule has 1 aliphatic rings. The molecule has 2 aromatic carbocycles. The minimum Gasteiger partial charge on any atom is -0.497 e. The zero-order chi connectivity index (χ0) is 18.4. The van der Waals surface area contributed by atoms with E-state index >= 15 is 0 Å². The third kappa shape index (κ3) is 4.45. The summed E-state index contributed by atoms with van der Waals surface area (Å²) in [6.45, 7) is 2.99. The number of rotatable bonds is 5. The normalized spacial score (nSPS) is 14.2. The topological polar surface area (TPSA) is 44.8 Å². The van der Waals surface area contributed by atoms with Gasteiger partial charge in [-0.2, -0.15) is 0 Å². The fourth-order valence-electron chi connectivity index (χ4n) is 3.11. The van der Waals surface area contributed by atoms with E-state index < -0.39 is 0 Å². The number of hydrogen-bond donors (Lipinski definition) is 1. The number of hydrogen-bond acceptors (Lipinski definition) is 3. The van der Waals surface area contributed by atoms with E-state index in [0.717, 1.165) is 17.7 Å². The molecule has 0 spiro atoms. The van der Waals surface area contributed by atoms with E-state index in [-0.39, 0.29) is 11.8 Å². The lowest BCUT2D eigenvalue weighted by Gasteiger charge is -2.36. The van der Waals surface area contributed by atoms with Crippen LogP contribution in [0.5, 0.6) is 5.75 Å². The molecule has 5 nitrogen and oxygen atoms in total. The average Bonchev–Trinajstić information content (AvgIpc) is 2.68. The largest absolute Gasteiger partial charge is 0.497 e. The van der Waals surface area contributed by atoms with Gasteiger partial charge < -0.3 is 19.9 Å². The molecule has 1 fully saturated rings. The van der Waals surface area contributed by atoms with Gasteiger partial charge in [-0.15, -0.1) is 0 Å². The lowest BCUT2D eigenvalue weighted by Crippen LogP contribution is -2.52. The molecule has 138 valence electrons. The lowest BCUT2D eigenvalue weighted by atomic mass is 10.1. The van der Waals surface area contributed by atoms with Crippen LogP contribution in [0.25, 0.3) is 0 Å². The third-order valence-electron chi connectivity index (χ3n) is 4.58. The molecule has 0 saturated carbocycles. The molecule has 1 saturated heterocycles. The standard InChI is InChI=1S/C20H24FN3O2/c1-26-17-6-4-5-16(15-17)9-10-22-20(25)24-13-11-23(12-14-24)19-8-3-2-7-18(19)21/h2-8,15H,9-14H2,1H3,(H,22,25). The van der Waals surface area contributed by atoms with Crippen molar-refractivity contribution in [2.75, 3.05) is 44.7 Å². The van der Waals surface area contributed by atoms with Crippen LogP contribution < -0.4 is 15.0 Å². The number of nitrogens with one attached hydrogen (secondary N) is 1. The maximum Gasteiger partial charge on any atom is 0.317 e. The molecule has 0 atom stereocenters. The minimum atomic E-state index is -0.219. The van der Waals surface area contributed by atoms with Crippen LogP contribution >= 0.6 is 0 Å². The van der Waals surface area contributed by atoms with Crippen LogP contribution in [0.4, 0.5) is 14.9 Å². The van der Waals surface area contributed by atoms with Gasteiger partial charge in [0.2, 0.25) is 0 Å². The predicted molar refractivity (Wildman–Crippen MR) is 100 cm³/mol. The van der Waals surface area contributed by atoms with Crippen LogP contribution in [0, 0.1) is 5.82 Å². The summed E-state index contributed by atoms with van der Waals surface area (Å²) in [4.78, 5) is 16.1. The van der Waals surface area contributed by atoms with Gasteiger partial charge in [-0.25, -0.2) is 9.18 Å². The van der Waals surface area contributed by atoms with Gasteiger partial charge in [-0.1, -0.05) is 24.3 Å². The first-order chi connectivity index (χ1) is 12.7. The van der Waals surface area contributed by atoms with Gasteiger partial charge in [-0.05, 0) is 36.2 Å². The highest BCUT2D eigenvalue weighted by atomic mass is 19.1. The molecule has 0 unspecified atom stereocenters. The van der Waals surface area contributed by atoms with E-state index in [1.165, 1.54) is 6.07 Å². The molecule has 1 heterocycles. The molecule has 1 N–H and O–H groups in total. The van der Waals surface area contributed by atoms with Gasteiger partial charge in [0, 0.05) is 32.7 Å². The summed E-state index contributed by atoms with van der Waals surface area (Å²) < 4.78 is 19.1. The highest BCUT2D eigenvalue weighted by molar-refractivity contribution is 5.74. The van der Waals surface area contributed by atoms with Crippen molar-refractivity contribution in [1.29, 1.82) is 0 Å². The monoisotopic (exact) mass is 357 g/mol. The number of anilines is 1. The molecule has 0 radical (unpaired) electrons. The first-order valence-corrected chi connectivity index (χ1v) is 8.82. The Labute approximate surface area is 153 Å². The maximum absolute atomic E-state index is 13.9. The van der Waals surface area contributed by atoms with E-state index in [9.17, 15) is 9.18 Å². The van der Waals surface area contributed by atoms with Crippen molar-refractivity contribution >= 4 is 11.7 Å². The highest BCUT2D eigenvalue weighted by Crippen LogP contribution is 2.20. The van der Waals surface area contributed by atoms with Crippen molar-refractivity contribution in [3.63, 3.8) is 0 Å². The smallest absolute Gasteiger partial charge is 0.317 e. The molecule has 3 rings (SSSR count). The van der Waals surface area contributed by atoms with Crippen LogP contribution in [0.2, 0.25) is 0 Å². The summed E-state index contributed by atoms with van der Waals surface area (Å²) in [5.74, 6) is 0.599. The molecular formula is C20H24FN3O2. The summed E-state index contributed by atoms with van der Waals surface area (Å²) in [6, 6.07) is 14.5. The van der Waals surface area contributed by atoms with Crippen molar-refractivity contribution in [3.8, 4) is 5.75 Å². The van der Waals surface area contributed by atoms with Crippen molar-refractivity contribution in [2.24, 2.45) is 0 Å². The van der Waals surface area contributed by atoms with Gasteiger partial charge in [0.1, 0.15) is 11.6 Å². The predicted octanol–water partition coefficient (Wildman–Crippen LogP) is 2.91. The van der Waals surface area contributed by atoms with Gasteiger partial charge >= 0.3 is 6.03 Å². The number of methoxy groups -OCH3 is 1. The molecule has 0 aliphatic carbocycles. The van der Waals surface area contributed by atoms with Crippen LogP contribution in [0.1, 0.15) is 5.56 Å². The van der Waals surface area contributed by atoms with E-state index in [1.807, 2.05) is 35.2 Å². The Hall–Kier alpha value is -2.76. The summed E-state index contributed by atoms with van der Waals surface area (Å²) >= 11 is 0. The zero-order valence-electron chi connectivity index (χ0n) is 15.0. The average molecular weight is 357 g/mol. The number of carbonyl (C=O) groups excluding carboxylic acids is 1. The number of ether oxygens (including phenoxy) is 1. The third-order valence-corrected chi connectivity index (χ3v) is 4.58.